The number of anilines is 1. The molecule has 0 spiro atoms. The smallest absolute Gasteiger partial charge is 0.142 e. The number of aromatic hydroxyl groups is 2. The standard InChI is InChI=1S/C15H17NO3/c1-19-15-8-10(3-6-13(15)16)2-4-11-9-12(17)5-7-14(11)18/h3,5-9,17-18H,2,4,16H2,1H3. The summed E-state index contributed by atoms with van der Waals surface area (Å²) in [6.45, 7) is 0. The molecule has 100 valence electrons. The fourth-order valence-corrected chi connectivity index (χ4v) is 1.96. The van der Waals surface area contributed by atoms with Gasteiger partial charge in [-0.1, -0.05) is 6.07 Å². The molecule has 2 rings (SSSR count). The van der Waals surface area contributed by atoms with Crippen molar-refractivity contribution in [1.29, 1.82) is 0 Å². The van der Waals surface area contributed by atoms with E-state index in [0.717, 1.165) is 17.5 Å². The molecule has 0 saturated heterocycles. The highest BCUT2D eigenvalue weighted by Crippen LogP contribution is 2.26. The van der Waals surface area contributed by atoms with E-state index in [1.165, 1.54) is 12.1 Å². The number of hydrogen-bond acceptors (Lipinski definition) is 4. The molecular formula is C15H17NO3. The van der Waals surface area contributed by atoms with Crippen LogP contribution >= 0.6 is 0 Å². The third kappa shape index (κ3) is 3.10. The predicted octanol–water partition coefficient (Wildman–Crippen LogP) is 2.47. The molecule has 4 nitrogen and oxygen atoms in total. The average Bonchev–Trinajstić information content (AvgIpc) is 2.41. The number of phenolic OH excluding ortho intramolecular Hbond substituents is 2. The van der Waals surface area contributed by atoms with Crippen molar-refractivity contribution in [2.24, 2.45) is 0 Å². The van der Waals surface area contributed by atoms with E-state index in [0.29, 0.717) is 17.9 Å². The van der Waals surface area contributed by atoms with Crippen LogP contribution in [0.5, 0.6) is 17.2 Å². The lowest BCUT2D eigenvalue weighted by molar-refractivity contribution is 0.416. The summed E-state index contributed by atoms with van der Waals surface area (Å²) >= 11 is 0. The maximum absolute atomic E-state index is 9.70. The van der Waals surface area contributed by atoms with Crippen LogP contribution < -0.4 is 10.5 Å². The molecule has 0 atom stereocenters. The molecular weight excluding hydrogens is 242 g/mol. The first-order valence-electron chi connectivity index (χ1n) is 6.03. The summed E-state index contributed by atoms with van der Waals surface area (Å²) in [5.74, 6) is 1.00. The van der Waals surface area contributed by atoms with Crippen LogP contribution in [0.4, 0.5) is 5.69 Å². The van der Waals surface area contributed by atoms with Crippen molar-refractivity contribution in [2.75, 3.05) is 12.8 Å². The zero-order valence-electron chi connectivity index (χ0n) is 10.8. The molecule has 0 aliphatic rings. The van der Waals surface area contributed by atoms with Crippen molar-refractivity contribution in [2.45, 2.75) is 12.8 Å². The van der Waals surface area contributed by atoms with Gasteiger partial charge in [-0.05, 0) is 54.3 Å². The topological polar surface area (TPSA) is 75.7 Å². The lowest BCUT2D eigenvalue weighted by Gasteiger charge is -2.08. The fraction of sp³-hybridized carbons (Fsp3) is 0.200. The van der Waals surface area contributed by atoms with Crippen LogP contribution in [-0.4, -0.2) is 17.3 Å². The summed E-state index contributed by atoms with van der Waals surface area (Å²) in [5, 5.41) is 19.1. The maximum atomic E-state index is 9.70. The molecule has 2 aromatic rings. The number of benzene rings is 2. The van der Waals surface area contributed by atoms with Crippen LogP contribution in [0.3, 0.4) is 0 Å². The lowest BCUT2D eigenvalue weighted by Crippen LogP contribution is -1.96. The second kappa shape index (κ2) is 5.52. The van der Waals surface area contributed by atoms with Crippen molar-refractivity contribution in [3.8, 4) is 17.2 Å². The molecule has 19 heavy (non-hydrogen) atoms. The normalized spacial score (nSPS) is 10.4. The van der Waals surface area contributed by atoms with Crippen molar-refractivity contribution in [3.05, 3.63) is 47.5 Å². The van der Waals surface area contributed by atoms with E-state index < -0.39 is 0 Å². The molecule has 0 amide bonds. The number of phenols is 2. The summed E-state index contributed by atoms with van der Waals surface area (Å²) in [6, 6.07) is 10.1. The Morgan fingerprint density at radius 1 is 1.05 bits per heavy atom. The Balaban J connectivity index is 2.12. The molecule has 4 heteroatoms. The SMILES string of the molecule is COc1cc(CCc2cc(O)ccc2O)ccc1N. The van der Waals surface area contributed by atoms with Crippen LogP contribution in [0.1, 0.15) is 11.1 Å². The van der Waals surface area contributed by atoms with Gasteiger partial charge in [-0.15, -0.1) is 0 Å². The lowest BCUT2D eigenvalue weighted by atomic mass is 10.0. The number of aryl methyl sites for hydroxylation is 2. The highest BCUT2D eigenvalue weighted by molar-refractivity contribution is 5.54. The van der Waals surface area contributed by atoms with Crippen LogP contribution in [0.15, 0.2) is 36.4 Å². The zero-order valence-corrected chi connectivity index (χ0v) is 10.8. The second-order valence-corrected chi connectivity index (χ2v) is 4.39. The average molecular weight is 259 g/mol. The number of nitrogen functional groups attached to an aromatic ring is 1. The van der Waals surface area contributed by atoms with Gasteiger partial charge >= 0.3 is 0 Å². The van der Waals surface area contributed by atoms with Gasteiger partial charge < -0.3 is 20.7 Å². The molecule has 0 fully saturated rings. The molecule has 0 radical (unpaired) electrons. The van der Waals surface area contributed by atoms with Crippen LogP contribution in [0.2, 0.25) is 0 Å². The molecule has 2 aromatic carbocycles. The third-order valence-electron chi connectivity index (χ3n) is 3.04. The Hall–Kier alpha value is -2.36. The van der Waals surface area contributed by atoms with Crippen molar-refractivity contribution in [3.63, 3.8) is 0 Å². The molecule has 0 aliphatic carbocycles. The monoisotopic (exact) mass is 259 g/mol. The first-order valence-corrected chi connectivity index (χ1v) is 6.03. The minimum Gasteiger partial charge on any atom is -0.508 e. The van der Waals surface area contributed by atoms with Gasteiger partial charge in [-0.2, -0.15) is 0 Å². The Bertz CT molecular complexity index is 582. The number of ether oxygens (including phenoxy) is 1. The quantitative estimate of drug-likeness (QED) is 0.582. The number of methoxy groups -OCH3 is 1. The number of hydrogen-bond donors (Lipinski definition) is 3. The molecule has 0 aliphatic heterocycles. The van der Waals surface area contributed by atoms with Gasteiger partial charge in [0.05, 0.1) is 12.8 Å². The summed E-state index contributed by atoms with van der Waals surface area (Å²) in [5.41, 5.74) is 8.14. The third-order valence-corrected chi connectivity index (χ3v) is 3.04. The first-order chi connectivity index (χ1) is 9.10. The summed E-state index contributed by atoms with van der Waals surface area (Å²) in [7, 11) is 1.58. The van der Waals surface area contributed by atoms with E-state index in [9.17, 15) is 10.2 Å². The Morgan fingerprint density at radius 2 is 1.84 bits per heavy atom. The Kier molecular flexibility index (Phi) is 3.80. The first kappa shape index (κ1) is 13.1. The van der Waals surface area contributed by atoms with Gasteiger partial charge in [0.15, 0.2) is 0 Å². The molecule has 0 aromatic heterocycles. The Labute approximate surface area is 112 Å². The summed E-state index contributed by atoms with van der Waals surface area (Å²) in [6.07, 6.45) is 1.36. The molecule has 4 N–H and O–H groups in total. The number of nitrogens with two attached hydrogens (primary N) is 1. The van der Waals surface area contributed by atoms with E-state index in [-0.39, 0.29) is 11.5 Å². The van der Waals surface area contributed by atoms with E-state index in [2.05, 4.69) is 0 Å². The van der Waals surface area contributed by atoms with E-state index >= 15 is 0 Å². The highest BCUT2D eigenvalue weighted by atomic mass is 16.5. The van der Waals surface area contributed by atoms with E-state index in [4.69, 9.17) is 10.5 Å². The van der Waals surface area contributed by atoms with Crippen LogP contribution in [-0.2, 0) is 12.8 Å². The van der Waals surface area contributed by atoms with Crippen molar-refractivity contribution in [1.82, 2.24) is 0 Å². The minimum absolute atomic E-state index is 0.155. The molecule has 0 bridgehead atoms. The summed E-state index contributed by atoms with van der Waals surface area (Å²) in [4.78, 5) is 0. The van der Waals surface area contributed by atoms with Gasteiger partial charge in [0.1, 0.15) is 17.2 Å². The van der Waals surface area contributed by atoms with Crippen molar-refractivity contribution < 1.29 is 14.9 Å². The largest absolute Gasteiger partial charge is 0.508 e. The maximum Gasteiger partial charge on any atom is 0.142 e. The van der Waals surface area contributed by atoms with E-state index in [1.807, 2.05) is 12.1 Å². The van der Waals surface area contributed by atoms with Gasteiger partial charge in [-0.3, -0.25) is 0 Å². The fourth-order valence-electron chi connectivity index (χ4n) is 1.96. The van der Waals surface area contributed by atoms with Gasteiger partial charge in [-0.25, -0.2) is 0 Å². The highest BCUT2D eigenvalue weighted by Gasteiger charge is 2.05. The van der Waals surface area contributed by atoms with Crippen LogP contribution in [0, 0.1) is 0 Å². The predicted molar refractivity (Wildman–Crippen MR) is 74.6 cm³/mol. The molecule has 0 unspecified atom stereocenters. The summed E-state index contributed by atoms with van der Waals surface area (Å²) < 4.78 is 5.17. The zero-order chi connectivity index (χ0) is 13.8. The number of rotatable bonds is 4. The van der Waals surface area contributed by atoms with Gasteiger partial charge in [0.2, 0.25) is 0 Å². The van der Waals surface area contributed by atoms with Crippen LogP contribution in [0.25, 0.3) is 0 Å². The second-order valence-electron chi connectivity index (χ2n) is 4.39. The van der Waals surface area contributed by atoms with Gasteiger partial charge in [0, 0.05) is 0 Å². The molecule has 0 saturated carbocycles. The minimum atomic E-state index is 0.155. The van der Waals surface area contributed by atoms with Crippen molar-refractivity contribution >= 4 is 5.69 Å². The van der Waals surface area contributed by atoms with E-state index in [1.54, 1.807) is 19.2 Å². The molecule has 0 heterocycles. The Morgan fingerprint density at radius 3 is 2.58 bits per heavy atom. The van der Waals surface area contributed by atoms with Gasteiger partial charge in [0.25, 0.3) is 0 Å².